The van der Waals surface area contributed by atoms with Crippen molar-refractivity contribution >= 4 is 63.0 Å². The number of anilines is 1. The zero-order chi connectivity index (χ0) is 46.4. The van der Waals surface area contributed by atoms with Crippen molar-refractivity contribution in [2.24, 2.45) is 11.8 Å². The Hall–Kier alpha value is -5.41. The quantitative estimate of drug-likeness (QED) is 0.0492. The fourth-order valence-electron chi connectivity index (χ4n) is 5.80. The lowest BCUT2D eigenvalue weighted by Crippen LogP contribution is -2.57. The summed E-state index contributed by atoms with van der Waals surface area (Å²) in [5.74, 6) is -4.18. The van der Waals surface area contributed by atoms with Gasteiger partial charge in [-0.15, -0.1) is 0 Å². The molecule has 0 saturated heterocycles. The van der Waals surface area contributed by atoms with Crippen LogP contribution in [0, 0.1) is 11.8 Å². The number of sulfone groups is 1. The van der Waals surface area contributed by atoms with Crippen molar-refractivity contribution in [1.82, 2.24) is 31.1 Å². The van der Waals surface area contributed by atoms with Gasteiger partial charge in [0, 0.05) is 56.6 Å². The van der Waals surface area contributed by atoms with Crippen LogP contribution in [0.3, 0.4) is 0 Å². The van der Waals surface area contributed by atoms with Crippen molar-refractivity contribution in [3.05, 3.63) is 42.0 Å². The molecule has 21 heteroatoms. The summed E-state index contributed by atoms with van der Waals surface area (Å²) in [6, 6.07) is 3.21. The first-order chi connectivity index (χ1) is 29.2. The smallest absolute Gasteiger partial charge is 0.410 e. The lowest BCUT2D eigenvalue weighted by Gasteiger charge is -2.26. The summed E-state index contributed by atoms with van der Waals surface area (Å²) in [4.78, 5) is 103. The van der Waals surface area contributed by atoms with E-state index in [1.54, 1.807) is 38.1 Å². The number of amides is 8. The predicted molar refractivity (Wildman–Crippen MR) is 228 cm³/mol. The van der Waals surface area contributed by atoms with Gasteiger partial charge in [-0.05, 0) is 55.7 Å². The Labute approximate surface area is 363 Å². The average Bonchev–Trinajstić information content (AvgIpc) is 3.52. The van der Waals surface area contributed by atoms with Crippen LogP contribution in [-0.2, 0) is 59.5 Å². The van der Waals surface area contributed by atoms with Gasteiger partial charge in [0.1, 0.15) is 34.6 Å². The number of nitrogens with one attached hydrogen (secondary N) is 5. The van der Waals surface area contributed by atoms with Crippen molar-refractivity contribution < 1.29 is 61.4 Å². The van der Waals surface area contributed by atoms with Gasteiger partial charge < -0.3 is 46.1 Å². The van der Waals surface area contributed by atoms with Crippen molar-refractivity contribution in [3.63, 3.8) is 0 Å². The number of hydrogen-bond donors (Lipinski definition) is 6. The van der Waals surface area contributed by atoms with Crippen LogP contribution < -0.4 is 26.6 Å². The maximum Gasteiger partial charge on any atom is 0.410 e. The van der Waals surface area contributed by atoms with Gasteiger partial charge in [-0.25, -0.2) is 13.2 Å². The van der Waals surface area contributed by atoms with E-state index in [1.165, 1.54) is 11.8 Å². The summed E-state index contributed by atoms with van der Waals surface area (Å²) in [6.07, 6.45) is 3.55. The topological polar surface area (TPSA) is 276 Å². The number of ether oxygens (including phenoxy) is 2. The second-order valence-electron chi connectivity index (χ2n) is 15.6. The van der Waals surface area contributed by atoms with Crippen molar-refractivity contribution in [2.75, 3.05) is 63.3 Å². The highest BCUT2D eigenvalue weighted by Crippen LogP contribution is 2.13. The van der Waals surface area contributed by atoms with Gasteiger partial charge in [0.2, 0.25) is 29.5 Å². The van der Waals surface area contributed by atoms with Crippen LogP contribution in [0.5, 0.6) is 0 Å². The summed E-state index contributed by atoms with van der Waals surface area (Å²) in [7, 11) is -3.29. The summed E-state index contributed by atoms with van der Waals surface area (Å²) in [5.41, 5.74) is 0.998. The lowest BCUT2D eigenvalue weighted by molar-refractivity contribution is -0.138. The van der Waals surface area contributed by atoms with E-state index in [0.29, 0.717) is 30.6 Å². The standard InChI is InChI=1S/C41H63N7O13S/c1-27(2)25-47(20-24-62(6,58)59)41(57)61-26-30-10-12-31(13-11-30)44-38(54)29(5)43-40(56)37(28(3)4)46-39(55)32(9-7-8-18-42-33(50)16-21-49)45-34(51)17-22-60-23-19-48-35(52)14-15-36(48)53/h10-15,27-29,32,37,49H,7-9,16-26H2,1-6H3,(H,42,50)(H,43,56)(H,44,54)(H,45,51)(H,46,55)/t29-,32-,37-/m0/s1. The Morgan fingerprint density at radius 1 is 0.823 bits per heavy atom. The van der Waals surface area contributed by atoms with Gasteiger partial charge >= 0.3 is 6.09 Å². The monoisotopic (exact) mass is 893 g/mol. The molecule has 0 fully saturated rings. The number of unbranched alkanes of at least 4 members (excludes halogenated alkanes) is 1. The molecule has 2 rings (SSSR count). The lowest BCUT2D eigenvalue weighted by atomic mass is 10.0. The number of benzene rings is 1. The third-order valence-corrected chi connectivity index (χ3v) is 10.1. The molecule has 62 heavy (non-hydrogen) atoms. The molecule has 8 amide bonds. The fraction of sp³-hybridized carbons (Fsp3) is 0.610. The molecule has 6 N–H and O–H groups in total. The van der Waals surface area contributed by atoms with Crippen LogP contribution in [0.2, 0.25) is 0 Å². The first-order valence-electron chi connectivity index (χ1n) is 20.6. The zero-order valence-electron chi connectivity index (χ0n) is 36.4. The van der Waals surface area contributed by atoms with Gasteiger partial charge in [0.25, 0.3) is 11.8 Å². The predicted octanol–water partition coefficient (Wildman–Crippen LogP) is 0.395. The van der Waals surface area contributed by atoms with Crippen LogP contribution in [0.25, 0.3) is 0 Å². The van der Waals surface area contributed by atoms with Gasteiger partial charge in [-0.3, -0.25) is 38.5 Å². The van der Waals surface area contributed by atoms with Gasteiger partial charge in [-0.2, -0.15) is 0 Å². The molecular formula is C41H63N7O13S. The molecule has 0 radical (unpaired) electrons. The second kappa shape index (κ2) is 26.8. The van der Waals surface area contributed by atoms with E-state index in [0.717, 1.165) is 23.3 Å². The van der Waals surface area contributed by atoms with Crippen LogP contribution in [0.4, 0.5) is 10.5 Å². The second-order valence-corrected chi connectivity index (χ2v) is 17.9. The average molecular weight is 894 g/mol. The number of imide groups is 1. The Morgan fingerprint density at radius 2 is 1.48 bits per heavy atom. The minimum absolute atomic E-state index is 0.00164. The van der Waals surface area contributed by atoms with Crippen LogP contribution in [0.15, 0.2) is 36.4 Å². The first kappa shape index (κ1) is 52.7. The third kappa shape index (κ3) is 20.4. The number of carbonyl (C=O) groups is 8. The van der Waals surface area contributed by atoms with Crippen LogP contribution in [0.1, 0.15) is 72.3 Å². The van der Waals surface area contributed by atoms with Crippen LogP contribution >= 0.6 is 0 Å². The summed E-state index contributed by atoms with van der Waals surface area (Å²) < 4.78 is 34.1. The molecule has 3 atom stereocenters. The maximum absolute atomic E-state index is 13.6. The van der Waals surface area contributed by atoms with E-state index in [4.69, 9.17) is 14.6 Å². The van der Waals surface area contributed by atoms with Crippen LogP contribution in [-0.4, -0.2) is 147 Å². The Morgan fingerprint density at radius 3 is 2.08 bits per heavy atom. The molecule has 1 aromatic carbocycles. The zero-order valence-corrected chi connectivity index (χ0v) is 37.2. The molecule has 0 spiro atoms. The molecule has 0 aliphatic carbocycles. The molecule has 0 unspecified atom stereocenters. The molecule has 346 valence electrons. The maximum atomic E-state index is 13.6. The number of hydrogen-bond acceptors (Lipinski definition) is 13. The minimum atomic E-state index is -3.29. The number of aliphatic hydroxyl groups is 1. The van der Waals surface area contributed by atoms with Gasteiger partial charge in [0.15, 0.2) is 0 Å². The van der Waals surface area contributed by atoms with E-state index < -0.39 is 75.4 Å². The van der Waals surface area contributed by atoms with E-state index in [-0.39, 0.29) is 82.9 Å². The molecule has 1 aliphatic rings. The SMILES string of the molecule is CC(C)CN(CCS(C)(=O)=O)C(=O)OCc1ccc(NC(=O)[C@H](C)NC(=O)[C@@H](NC(=O)[C@H](CCCCNC(=O)CCO)NC(=O)CCOCCN2C(=O)C=CC2=O)C(C)C)cc1. The summed E-state index contributed by atoms with van der Waals surface area (Å²) in [5, 5.41) is 22.3. The van der Waals surface area contributed by atoms with Gasteiger partial charge in [0.05, 0.1) is 32.1 Å². The third-order valence-electron chi connectivity index (χ3n) is 9.22. The Balaban J connectivity index is 1.97. The largest absolute Gasteiger partial charge is 0.445 e. The Kier molecular flexibility index (Phi) is 22.8. The van der Waals surface area contributed by atoms with E-state index in [9.17, 15) is 46.8 Å². The van der Waals surface area contributed by atoms with E-state index in [2.05, 4.69) is 26.6 Å². The highest BCUT2D eigenvalue weighted by Gasteiger charge is 2.30. The first-order valence-corrected chi connectivity index (χ1v) is 22.6. The molecule has 0 bridgehead atoms. The number of carbonyl (C=O) groups excluding carboxylic acids is 8. The van der Waals surface area contributed by atoms with Gasteiger partial charge in [-0.1, -0.05) is 39.8 Å². The molecule has 20 nitrogen and oxygen atoms in total. The number of nitrogens with zero attached hydrogens (tertiary/aromatic N) is 2. The summed E-state index contributed by atoms with van der Waals surface area (Å²) in [6.45, 7) is 8.82. The number of rotatable bonds is 28. The Bertz CT molecular complexity index is 1820. The molecule has 1 heterocycles. The van der Waals surface area contributed by atoms with Crippen molar-refractivity contribution in [2.45, 2.75) is 91.5 Å². The molecule has 1 aliphatic heterocycles. The summed E-state index contributed by atoms with van der Waals surface area (Å²) >= 11 is 0. The molecule has 1 aromatic rings. The molecule has 0 saturated carbocycles. The molecular weight excluding hydrogens is 831 g/mol. The molecule has 0 aromatic heterocycles. The number of aliphatic hydroxyl groups excluding tert-OH is 1. The highest BCUT2D eigenvalue weighted by atomic mass is 32.2. The van der Waals surface area contributed by atoms with Crippen molar-refractivity contribution in [1.29, 1.82) is 0 Å². The van der Waals surface area contributed by atoms with Crippen molar-refractivity contribution in [3.8, 4) is 0 Å². The fourth-order valence-corrected chi connectivity index (χ4v) is 6.36. The normalized spacial score (nSPS) is 14.0. The highest BCUT2D eigenvalue weighted by molar-refractivity contribution is 7.90. The van der Waals surface area contributed by atoms with E-state index >= 15 is 0 Å². The van der Waals surface area contributed by atoms with E-state index in [1.807, 2.05) is 13.8 Å². The minimum Gasteiger partial charge on any atom is -0.445 e.